The van der Waals surface area contributed by atoms with E-state index in [0.29, 0.717) is 0 Å². The molecule has 4 heterocycles. The molecule has 1 aromatic carbocycles. The number of pyridine rings is 1. The van der Waals surface area contributed by atoms with Crippen molar-refractivity contribution in [1.29, 1.82) is 0 Å². The van der Waals surface area contributed by atoms with E-state index >= 15 is 0 Å². The Bertz CT molecular complexity index is 1490. The number of anilines is 1. The monoisotopic (exact) mass is 445 g/mol. The predicted molar refractivity (Wildman–Crippen MR) is 120 cm³/mol. The molecule has 166 valence electrons. The first-order valence-electron chi connectivity index (χ1n) is 10.4. The third-order valence-electron chi connectivity index (χ3n) is 5.59. The maximum Gasteiger partial charge on any atom is 0.341 e. The summed E-state index contributed by atoms with van der Waals surface area (Å²) in [5.74, 6) is -1.73. The lowest BCUT2D eigenvalue weighted by atomic mass is 9.96. The van der Waals surface area contributed by atoms with Crippen molar-refractivity contribution in [2.75, 3.05) is 5.73 Å². The van der Waals surface area contributed by atoms with Crippen LogP contribution in [0.25, 0.3) is 27.9 Å². The third-order valence-corrected chi connectivity index (χ3v) is 5.59. The molecule has 33 heavy (non-hydrogen) atoms. The van der Waals surface area contributed by atoms with E-state index in [4.69, 9.17) is 10.8 Å². The average Bonchev–Trinajstić information content (AvgIpc) is 3.41. The van der Waals surface area contributed by atoms with Crippen molar-refractivity contribution in [3.05, 3.63) is 71.6 Å². The number of benzene rings is 1. The van der Waals surface area contributed by atoms with E-state index in [1.54, 1.807) is 5.56 Å². The highest BCUT2D eigenvalue weighted by Crippen LogP contribution is 2.28. The Balaban J connectivity index is 0.000000151. The molecule has 0 amide bonds. The van der Waals surface area contributed by atoms with Crippen molar-refractivity contribution >= 4 is 28.5 Å². The first-order valence-corrected chi connectivity index (χ1v) is 10.4. The van der Waals surface area contributed by atoms with Crippen molar-refractivity contribution in [2.24, 2.45) is 0 Å². The molecule has 0 bridgehead atoms. The Hall–Kier alpha value is -4.34. The summed E-state index contributed by atoms with van der Waals surface area (Å²) in [4.78, 5) is 26.3. The van der Waals surface area contributed by atoms with E-state index in [1.807, 2.05) is 0 Å². The minimum Gasteiger partial charge on any atom is -0.477 e. The topological polar surface area (TPSA) is 135 Å². The number of para-hydroxylation sites is 1. The van der Waals surface area contributed by atoms with E-state index in [-0.39, 0.29) is 28.5 Å². The summed E-state index contributed by atoms with van der Waals surface area (Å²) in [7, 11) is 0. The molecule has 0 saturated carbocycles. The van der Waals surface area contributed by atoms with Gasteiger partial charge in [0.25, 0.3) is 0 Å². The zero-order chi connectivity index (χ0) is 22.9. The number of aryl methyl sites for hydroxylation is 2. The second-order valence-corrected chi connectivity index (χ2v) is 7.73. The molecule has 0 saturated heterocycles. The molecule has 1 aliphatic carbocycles. The van der Waals surface area contributed by atoms with Crippen molar-refractivity contribution in [3.63, 3.8) is 0 Å². The molecule has 0 radical (unpaired) electrons. The number of nitrogens with two attached hydrogens (primary N) is 1. The first kappa shape index (κ1) is 20.6. The summed E-state index contributed by atoms with van der Waals surface area (Å²) in [6.45, 7) is 0. The van der Waals surface area contributed by atoms with Crippen LogP contribution in [-0.2, 0) is 12.8 Å². The van der Waals surface area contributed by atoms with Gasteiger partial charge >= 0.3 is 5.97 Å². The molecular weight excluding hydrogens is 425 g/mol. The number of nitrogens with one attached hydrogen (secondary N) is 1. The molecule has 9 nitrogen and oxygen atoms in total. The number of aromatic carboxylic acids is 1. The summed E-state index contributed by atoms with van der Waals surface area (Å²) in [5.41, 5.74) is 10.3. The van der Waals surface area contributed by atoms with Crippen LogP contribution in [0.2, 0.25) is 0 Å². The van der Waals surface area contributed by atoms with Gasteiger partial charge in [0.2, 0.25) is 5.95 Å². The molecule has 4 aromatic heterocycles. The van der Waals surface area contributed by atoms with Crippen LogP contribution in [0.3, 0.4) is 0 Å². The molecule has 5 aromatic rings. The number of nitrogens with zero attached hydrogens (tertiary/aromatic N) is 5. The van der Waals surface area contributed by atoms with Crippen LogP contribution in [-0.4, -0.2) is 40.6 Å². The molecule has 4 N–H and O–H groups in total. The summed E-state index contributed by atoms with van der Waals surface area (Å²) in [6, 6.07) is 9.81. The Morgan fingerprint density at radius 2 is 1.94 bits per heavy atom. The molecule has 0 unspecified atom stereocenters. The SMILES string of the molecule is Nc1nc(-c2cncc(F)c2)nc2c(C(=O)O)cnn12.c1ccc2c3c([nH]c2c1)CCCC3. The fourth-order valence-corrected chi connectivity index (χ4v) is 4.07. The maximum atomic E-state index is 13.2. The molecule has 10 heteroatoms. The third kappa shape index (κ3) is 3.86. The Labute approximate surface area is 187 Å². The average molecular weight is 445 g/mol. The zero-order valence-electron chi connectivity index (χ0n) is 17.5. The minimum absolute atomic E-state index is 0.0317. The van der Waals surface area contributed by atoms with Crippen LogP contribution in [0.5, 0.6) is 0 Å². The number of halogens is 1. The van der Waals surface area contributed by atoms with Crippen molar-refractivity contribution in [1.82, 2.24) is 29.5 Å². The number of H-pyrrole nitrogens is 1. The first-order chi connectivity index (χ1) is 16.0. The number of carboxylic acid groups (broad SMARTS) is 1. The second-order valence-electron chi connectivity index (χ2n) is 7.73. The van der Waals surface area contributed by atoms with Crippen LogP contribution in [0.1, 0.15) is 34.5 Å². The fourth-order valence-electron chi connectivity index (χ4n) is 4.07. The predicted octanol–water partition coefficient (Wildman–Crippen LogP) is 3.65. The Morgan fingerprint density at radius 3 is 2.76 bits per heavy atom. The molecular formula is C23H20FN7O2. The van der Waals surface area contributed by atoms with Gasteiger partial charge in [0, 0.05) is 28.4 Å². The van der Waals surface area contributed by atoms with Gasteiger partial charge in [-0.3, -0.25) is 4.98 Å². The van der Waals surface area contributed by atoms with Crippen molar-refractivity contribution in [2.45, 2.75) is 25.7 Å². The van der Waals surface area contributed by atoms with Gasteiger partial charge in [-0.05, 0) is 43.4 Å². The lowest BCUT2D eigenvalue weighted by molar-refractivity contribution is 0.0698. The highest BCUT2D eigenvalue weighted by atomic mass is 19.1. The number of carboxylic acids is 1. The normalized spacial score (nSPS) is 12.9. The van der Waals surface area contributed by atoms with E-state index in [1.165, 1.54) is 54.5 Å². The van der Waals surface area contributed by atoms with Crippen LogP contribution < -0.4 is 5.73 Å². The van der Waals surface area contributed by atoms with E-state index < -0.39 is 11.8 Å². The Morgan fingerprint density at radius 1 is 1.12 bits per heavy atom. The highest BCUT2D eigenvalue weighted by Gasteiger charge is 2.17. The van der Waals surface area contributed by atoms with Gasteiger partial charge < -0.3 is 15.8 Å². The van der Waals surface area contributed by atoms with E-state index in [9.17, 15) is 9.18 Å². The number of hydrogen-bond acceptors (Lipinski definition) is 6. The van der Waals surface area contributed by atoms with E-state index in [2.05, 4.69) is 49.3 Å². The van der Waals surface area contributed by atoms with Gasteiger partial charge in [0.05, 0.1) is 12.4 Å². The van der Waals surface area contributed by atoms with Gasteiger partial charge in [-0.2, -0.15) is 14.6 Å². The van der Waals surface area contributed by atoms with Gasteiger partial charge in [-0.1, -0.05) is 18.2 Å². The quantitative estimate of drug-likeness (QED) is 0.377. The number of aromatic amines is 1. The molecule has 0 spiro atoms. The van der Waals surface area contributed by atoms with Gasteiger partial charge in [-0.25, -0.2) is 14.2 Å². The zero-order valence-corrected chi connectivity index (χ0v) is 17.5. The molecule has 1 aliphatic rings. The second kappa shape index (κ2) is 8.30. The van der Waals surface area contributed by atoms with Crippen LogP contribution in [0.4, 0.5) is 10.3 Å². The molecule has 6 rings (SSSR count). The number of carbonyl (C=O) groups is 1. The highest BCUT2D eigenvalue weighted by molar-refractivity contribution is 5.94. The number of fused-ring (bicyclic) bond motifs is 4. The standard InChI is InChI=1S/C12H13N.C11H7FN6O2/c1-3-7-11-9(5-1)10-6-2-4-8-12(10)13-11;12-6-1-5(2-14-3-6)8-16-9-7(10(19)20)4-15-18(9)11(13)17-8/h1,3,5,7,13H,2,4,6,8H2;1-4H,(H,19,20)(H2,13,16,17). The lowest BCUT2D eigenvalue weighted by Gasteiger charge is -2.10. The maximum absolute atomic E-state index is 13.2. The molecule has 0 atom stereocenters. The minimum atomic E-state index is -1.19. The van der Waals surface area contributed by atoms with Gasteiger partial charge in [0.15, 0.2) is 11.5 Å². The lowest BCUT2D eigenvalue weighted by Crippen LogP contribution is -2.07. The molecule has 0 fully saturated rings. The van der Waals surface area contributed by atoms with Crippen LogP contribution in [0.15, 0.2) is 48.9 Å². The largest absolute Gasteiger partial charge is 0.477 e. The Kier molecular flexibility index (Phi) is 5.17. The smallest absolute Gasteiger partial charge is 0.341 e. The fraction of sp³-hybridized carbons (Fsp3) is 0.174. The molecule has 0 aliphatic heterocycles. The van der Waals surface area contributed by atoms with Crippen molar-refractivity contribution in [3.8, 4) is 11.4 Å². The summed E-state index contributed by atoms with van der Waals surface area (Å²) < 4.78 is 14.3. The van der Waals surface area contributed by atoms with Crippen LogP contribution in [0, 0.1) is 5.82 Å². The number of nitrogen functional groups attached to an aromatic ring is 1. The summed E-state index contributed by atoms with van der Waals surface area (Å²) in [6.07, 6.45) is 8.71. The van der Waals surface area contributed by atoms with Crippen molar-refractivity contribution < 1.29 is 14.3 Å². The van der Waals surface area contributed by atoms with E-state index in [0.717, 1.165) is 16.9 Å². The number of aromatic nitrogens is 6. The van der Waals surface area contributed by atoms with Gasteiger partial charge in [0.1, 0.15) is 11.4 Å². The van der Waals surface area contributed by atoms with Gasteiger partial charge in [-0.15, -0.1) is 0 Å². The number of rotatable bonds is 2. The van der Waals surface area contributed by atoms with Crippen LogP contribution >= 0.6 is 0 Å². The summed E-state index contributed by atoms with van der Waals surface area (Å²) in [5, 5.41) is 14.3. The number of hydrogen-bond donors (Lipinski definition) is 3. The summed E-state index contributed by atoms with van der Waals surface area (Å²) >= 11 is 0.